The summed E-state index contributed by atoms with van der Waals surface area (Å²) in [5, 5.41) is 3.80. The van der Waals surface area contributed by atoms with Crippen molar-refractivity contribution >= 4 is 0 Å². The SMILES string of the molecule is Cc1ccc([C@@H](C)NC2CCN(CC(C)C)CC2)cc1. The highest BCUT2D eigenvalue weighted by Crippen LogP contribution is 2.18. The van der Waals surface area contributed by atoms with Crippen LogP contribution in [0.5, 0.6) is 0 Å². The second kappa shape index (κ2) is 7.24. The largest absolute Gasteiger partial charge is 0.307 e. The number of likely N-dealkylation sites (tertiary alicyclic amines) is 1. The molecule has 1 aromatic carbocycles. The first kappa shape index (κ1) is 15.5. The van der Waals surface area contributed by atoms with E-state index >= 15 is 0 Å². The summed E-state index contributed by atoms with van der Waals surface area (Å²) in [6.07, 6.45) is 2.56. The van der Waals surface area contributed by atoms with Gasteiger partial charge in [-0.2, -0.15) is 0 Å². The van der Waals surface area contributed by atoms with Gasteiger partial charge in [0.2, 0.25) is 0 Å². The minimum atomic E-state index is 0.456. The van der Waals surface area contributed by atoms with Crippen molar-refractivity contribution in [3.63, 3.8) is 0 Å². The van der Waals surface area contributed by atoms with Crippen LogP contribution >= 0.6 is 0 Å². The van der Waals surface area contributed by atoms with Gasteiger partial charge in [-0.25, -0.2) is 0 Å². The highest BCUT2D eigenvalue weighted by molar-refractivity contribution is 5.23. The van der Waals surface area contributed by atoms with Gasteiger partial charge in [-0.05, 0) is 51.3 Å². The maximum absolute atomic E-state index is 3.80. The molecular weight excluding hydrogens is 244 g/mol. The van der Waals surface area contributed by atoms with Gasteiger partial charge >= 0.3 is 0 Å². The normalized spacial score (nSPS) is 19.4. The van der Waals surface area contributed by atoms with Crippen molar-refractivity contribution in [1.29, 1.82) is 0 Å². The molecule has 0 unspecified atom stereocenters. The van der Waals surface area contributed by atoms with E-state index in [2.05, 4.69) is 62.2 Å². The average Bonchev–Trinajstić information content (AvgIpc) is 2.41. The van der Waals surface area contributed by atoms with Crippen molar-refractivity contribution in [2.45, 2.75) is 52.6 Å². The van der Waals surface area contributed by atoms with Crippen LogP contribution in [0.1, 0.15) is 50.8 Å². The number of benzene rings is 1. The van der Waals surface area contributed by atoms with E-state index in [0.29, 0.717) is 12.1 Å². The molecule has 2 rings (SSSR count). The monoisotopic (exact) mass is 274 g/mol. The third kappa shape index (κ3) is 4.60. The Morgan fingerprint density at radius 2 is 1.70 bits per heavy atom. The zero-order chi connectivity index (χ0) is 14.5. The zero-order valence-corrected chi connectivity index (χ0v) is 13.5. The van der Waals surface area contributed by atoms with Crippen molar-refractivity contribution in [2.24, 2.45) is 5.92 Å². The Bertz CT molecular complexity index is 388. The molecule has 2 nitrogen and oxygen atoms in total. The molecule has 0 spiro atoms. The van der Waals surface area contributed by atoms with Crippen LogP contribution in [0.4, 0.5) is 0 Å². The summed E-state index contributed by atoms with van der Waals surface area (Å²) in [5.74, 6) is 0.783. The Kier molecular flexibility index (Phi) is 5.62. The Labute approximate surface area is 124 Å². The van der Waals surface area contributed by atoms with Crippen LogP contribution in [-0.4, -0.2) is 30.6 Å². The lowest BCUT2D eigenvalue weighted by atomic mass is 10.0. The van der Waals surface area contributed by atoms with Gasteiger partial charge < -0.3 is 10.2 Å². The van der Waals surface area contributed by atoms with E-state index in [4.69, 9.17) is 0 Å². The highest BCUT2D eigenvalue weighted by Gasteiger charge is 2.21. The van der Waals surface area contributed by atoms with Gasteiger partial charge in [-0.15, -0.1) is 0 Å². The van der Waals surface area contributed by atoms with Crippen LogP contribution in [0.2, 0.25) is 0 Å². The number of rotatable bonds is 5. The summed E-state index contributed by atoms with van der Waals surface area (Å²) >= 11 is 0. The third-order valence-electron chi connectivity index (χ3n) is 4.27. The molecule has 20 heavy (non-hydrogen) atoms. The topological polar surface area (TPSA) is 15.3 Å². The van der Waals surface area contributed by atoms with Gasteiger partial charge in [-0.3, -0.25) is 0 Å². The van der Waals surface area contributed by atoms with E-state index in [-0.39, 0.29) is 0 Å². The van der Waals surface area contributed by atoms with Crippen molar-refractivity contribution < 1.29 is 0 Å². The quantitative estimate of drug-likeness (QED) is 0.879. The molecule has 0 aromatic heterocycles. The maximum Gasteiger partial charge on any atom is 0.0294 e. The Morgan fingerprint density at radius 3 is 2.25 bits per heavy atom. The minimum absolute atomic E-state index is 0.456. The van der Waals surface area contributed by atoms with E-state index in [0.717, 1.165) is 5.92 Å². The van der Waals surface area contributed by atoms with Crippen molar-refractivity contribution in [3.05, 3.63) is 35.4 Å². The van der Waals surface area contributed by atoms with Crippen LogP contribution < -0.4 is 5.32 Å². The summed E-state index contributed by atoms with van der Waals surface area (Å²) in [6.45, 7) is 12.8. The molecule has 0 aliphatic carbocycles. The third-order valence-corrected chi connectivity index (χ3v) is 4.27. The Morgan fingerprint density at radius 1 is 1.10 bits per heavy atom. The fourth-order valence-corrected chi connectivity index (χ4v) is 3.10. The lowest BCUT2D eigenvalue weighted by Gasteiger charge is -2.34. The van der Waals surface area contributed by atoms with Gasteiger partial charge in [0.15, 0.2) is 0 Å². The Hall–Kier alpha value is -0.860. The van der Waals surface area contributed by atoms with Gasteiger partial charge in [0.25, 0.3) is 0 Å². The van der Waals surface area contributed by atoms with Crippen LogP contribution in [0, 0.1) is 12.8 Å². The fraction of sp³-hybridized carbons (Fsp3) is 0.667. The van der Waals surface area contributed by atoms with E-state index in [1.807, 2.05) is 0 Å². The lowest BCUT2D eigenvalue weighted by molar-refractivity contribution is 0.175. The second-order valence-electron chi connectivity index (χ2n) is 6.77. The summed E-state index contributed by atoms with van der Waals surface area (Å²) in [7, 11) is 0. The molecular formula is C18H30N2. The van der Waals surface area contributed by atoms with Crippen LogP contribution in [-0.2, 0) is 0 Å². The van der Waals surface area contributed by atoms with E-state index < -0.39 is 0 Å². The number of nitrogens with zero attached hydrogens (tertiary/aromatic N) is 1. The summed E-state index contributed by atoms with van der Waals surface area (Å²) in [6, 6.07) is 10.0. The van der Waals surface area contributed by atoms with Gasteiger partial charge in [0.05, 0.1) is 0 Å². The van der Waals surface area contributed by atoms with Crippen molar-refractivity contribution in [3.8, 4) is 0 Å². The Balaban J connectivity index is 1.79. The summed E-state index contributed by atoms with van der Waals surface area (Å²) in [5.41, 5.74) is 2.74. The van der Waals surface area contributed by atoms with E-state index in [1.54, 1.807) is 0 Å². The first-order valence-electron chi connectivity index (χ1n) is 8.09. The molecule has 1 fully saturated rings. The molecule has 0 saturated carbocycles. The molecule has 0 radical (unpaired) electrons. The maximum atomic E-state index is 3.80. The smallest absolute Gasteiger partial charge is 0.0294 e. The fourth-order valence-electron chi connectivity index (χ4n) is 3.10. The number of hydrogen-bond donors (Lipinski definition) is 1. The molecule has 0 amide bonds. The number of aryl methyl sites for hydroxylation is 1. The molecule has 1 saturated heterocycles. The van der Waals surface area contributed by atoms with Crippen LogP contribution in [0.25, 0.3) is 0 Å². The molecule has 1 N–H and O–H groups in total. The van der Waals surface area contributed by atoms with Gasteiger partial charge in [-0.1, -0.05) is 43.7 Å². The highest BCUT2D eigenvalue weighted by atomic mass is 15.1. The van der Waals surface area contributed by atoms with Crippen molar-refractivity contribution in [1.82, 2.24) is 10.2 Å². The van der Waals surface area contributed by atoms with Crippen molar-refractivity contribution in [2.75, 3.05) is 19.6 Å². The van der Waals surface area contributed by atoms with Crippen LogP contribution in [0.15, 0.2) is 24.3 Å². The first-order chi connectivity index (χ1) is 9.54. The van der Waals surface area contributed by atoms with Gasteiger partial charge in [0.1, 0.15) is 0 Å². The standard InChI is InChI=1S/C18H30N2/c1-14(2)13-20-11-9-18(10-12-20)19-16(4)17-7-5-15(3)6-8-17/h5-8,14,16,18-19H,9-13H2,1-4H3/t16-/m1/s1. The zero-order valence-electron chi connectivity index (χ0n) is 13.5. The molecule has 1 aromatic rings. The van der Waals surface area contributed by atoms with Gasteiger partial charge in [0, 0.05) is 18.6 Å². The number of hydrogen-bond acceptors (Lipinski definition) is 2. The molecule has 1 aliphatic heterocycles. The first-order valence-corrected chi connectivity index (χ1v) is 8.09. The molecule has 1 heterocycles. The van der Waals surface area contributed by atoms with Crippen LogP contribution in [0.3, 0.4) is 0 Å². The predicted molar refractivity (Wildman–Crippen MR) is 87.0 cm³/mol. The van der Waals surface area contributed by atoms with E-state index in [1.165, 1.54) is 43.6 Å². The number of nitrogens with one attached hydrogen (secondary N) is 1. The molecule has 1 atom stereocenters. The lowest BCUT2D eigenvalue weighted by Crippen LogP contribution is -2.44. The molecule has 112 valence electrons. The second-order valence-corrected chi connectivity index (χ2v) is 6.77. The minimum Gasteiger partial charge on any atom is -0.307 e. The number of piperidine rings is 1. The molecule has 2 heteroatoms. The molecule has 0 bridgehead atoms. The average molecular weight is 274 g/mol. The summed E-state index contributed by atoms with van der Waals surface area (Å²) < 4.78 is 0. The van der Waals surface area contributed by atoms with E-state index in [9.17, 15) is 0 Å². The summed E-state index contributed by atoms with van der Waals surface area (Å²) in [4.78, 5) is 2.61. The predicted octanol–water partition coefficient (Wildman–Crippen LogP) is 3.77. The molecule has 1 aliphatic rings.